The van der Waals surface area contributed by atoms with Gasteiger partial charge in [-0.1, -0.05) is 42.5 Å². The van der Waals surface area contributed by atoms with Gasteiger partial charge in [0, 0.05) is 12.1 Å². The van der Waals surface area contributed by atoms with Gasteiger partial charge in [0.2, 0.25) is 5.91 Å². The van der Waals surface area contributed by atoms with E-state index in [1.807, 2.05) is 35.2 Å². The fraction of sp³-hybridized carbons (Fsp3) is 0.222. The van der Waals surface area contributed by atoms with E-state index in [1.165, 1.54) is 5.56 Å². The zero-order valence-corrected chi connectivity index (χ0v) is 14.0. The van der Waals surface area contributed by atoms with Crippen molar-refractivity contribution in [1.29, 1.82) is 0 Å². The van der Waals surface area contributed by atoms with Crippen LogP contribution in [0.2, 0.25) is 0 Å². The molecule has 0 radical (unpaired) electrons. The number of benzene rings is 2. The second-order valence-electron chi connectivity index (χ2n) is 5.58. The lowest BCUT2D eigenvalue weighted by Crippen LogP contribution is -2.31. The molecule has 2 aromatic rings. The van der Waals surface area contributed by atoms with Gasteiger partial charge in [0.25, 0.3) is 5.91 Å². The van der Waals surface area contributed by atoms with Crippen LogP contribution >= 0.6 is 11.8 Å². The Morgan fingerprint density at radius 1 is 1.17 bits per heavy atom. The largest absolute Gasteiger partial charge is 0.326 e. The van der Waals surface area contributed by atoms with E-state index in [2.05, 4.69) is 17.6 Å². The van der Waals surface area contributed by atoms with Crippen molar-refractivity contribution in [3.63, 3.8) is 0 Å². The molecular formula is C18H19N3O2S. The number of nitrogens with zero attached hydrogens (tertiary/aromatic N) is 1. The van der Waals surface area contributed by atoms with Crippen LogP contribution in [0.1, 0.15) is 26.9 Å². The smallest absolute Gasteiger partial charge is 0.265 e. The Bertz CT molecular complexity index is 719. The molecule has 1 atom stereocenters. The predicted octanol–water partition coefficient (Wildman–Crippen LogP) is 2.11. The van der Waals surface area contributed by atoms with Gasteiger partial charge in [-0.15, -0.1) is 11.8 Å². The maximum Gasteiger partial charge on any atom is 0.265 e. The number of thioether (sulfide) groups is 1. The van der Waals surface area contributed by atoms with Crippen LogP contribution in [0.15, 0.2) is 54.6 Å². The Morgan fingerprint density at radius 2 is 1.88 bits per heavy atom. The molecule has 24 heavy (non-hydrogen) atoms. The van der Waals surface area contributed by atoms with E-state index in [0.717, 1.165) is 12.0 Å². The first-order valence-electron chi connectivity index (χ1n) is 7.75. The first kappa shape index (κ1) is 16.5. The quantitative estimate of drug-likeness (QED) is 0.496. The average Bonchev–Trinajstić information content (AvgIpc) is 3.01. The van der Waals surface area contributed by atoms with Crippen molar-refractivity contribution in [2.75, 3.05) is 12.3 Å². The summed E-state index contributed by atoms with van der Waals surface area (Å²) in [4.78, 5) is 25.7. The minimum atomic E-state index is -0.322. The zero-order valence-electron chi connectivity index (χ0n) is 13.1. The molecule has 1 fully saturated rings. The van der Waals surface area contributed by atoms with E-state index in [-0.39, 0.29) is 17.2 Å². The molecule has 1 aliphatic heterocycles. The van der Waals surface area contributed by atoms with Gasteiger partial charge in [-0.2, -0.15) is 0 Å². The summed E-state index contributed by atoms with van der Waals surface area (Å²) in [5, 5.41) is -0.00352. The van der Waals surface area contributed by atoms with Crippen LogP contribution in [0.25, 0.3) is 0 Å². The van der Waals surface area contributed by atoms with Gasteiger partial charge in [-0.25, -0.2) is 5.84 Å². The first-order valence-corrected chi connectivity index (χ1v) is 8.80. The molecule has 2 aromatic carbocycles. The number of rotatable bonds is 5. The van der Waals surface area contributed by atoms with Crippen molar-refractivity contribution in [3.05, 3.63) is 71.3 Å². The number of nitrogen functional groups attached to an aromatic ring is 1. The fourth-order valence-corrected chi connectivity index (χ4v) is 3.97. The molecule has 0 aliphatic carbocycles. The number of hydrogen-bond acceptors (Lipinski definition) is 4. The van der Waals surface area contributed by atoms with Crippen molar-refractivity contribution >= 4 is 23.6 Å². The van der Waals surface area contributed by atoms with Gasteiger partial charge in [0.05, 0.1) is 5.75 Å². The van der Waals surface area contributed by atoms with Crippen LogP contribution in [-0.2, 0) is 11.2 Å². The summed E-state index contributed by atoms with van der Waals surface area (Å²) in [5.74, 6) is 5.47. The highest BCUT2D eigenvalue weighted by Gasteiger charge is 2.32. The predicted molar refractivity (Wildman–Crippen MR) is 95.2 cm³/mol. The van der Waals surface area contributed by atoms with E-state index in [9.17, 15) is 9.59 Å². The zero-order chi connectivity index (χ0) is 16.9. The summed E-state index contributed by atoms with van der Waals surface area (Å²) in [7, 11) is 0. The summed E-state index contributed by atoms with van der Waals surface area (Å²) < 4.78 is 0. The average molecular weight is 341 g/mol. The first-order chi connectivity index (χ1) is 11.7. The Morgan fingerprint density at radius 3 is 2.54 bits per heavy atom. The molecule has 0 bridgehead atoms. The molecule has 1 saturated heterocycles. The summed E-state index contributed by atoms with van der Waals surface area (Å²) in [5.41, 5.74) is 4.86. The molecule has 0 aromatic heterocycles. The van der Waals surface area contributed by atoms with E-state index in [1.54, 1.807) is 23.9 Å². The molecule has 3 rings (SSSR count). The van der Waals surface area contributed by atoms with Gasteiger partial charge in [-0.05, 0) is 29.7 Å². The van der Waals surface area contributed by atoms with Gasteiger partial charge in [0.15, 0.2) is 0 Å². The highest BCUT2D eigenvalue weighted by Crippen LogP contribution is 2.38. The molecule has 5 nitrogen and oxygen atoms in total. The fourth-order valence-electron chi connectivity index (χ4n) is 2.75. The number of hydrogen-bond donors (Lipinski definition) is 2. The van der Waals surface area contributed by atoms with Gasteiger partial charge < -0.3 is 4.90 Å². The molecule has 1 aliphatic rings. The molecule has 2 amide bonds. The maximum atomic E-state index is 12.2. The monoisotopic (exact) mass is 341 g/mol. The minimum absolute atomic E-state index is 0.00352. The van der Waals surface area contributed by atoms with Crippen LogP contribution in [-0.4, -0.2) is 29.0 Å². The van der Waals surface area contributed by atoms with Gasteiger partial charge >= 0.3 is 0 Å². The van der Waals surface area contributed by atoms with Crippen LogP contribution in [0.4, 0.5) is 0 Å². The lowest BCUT2D eigenvalue weighted by molar-refractivity contribution is -0.128. The number of hydrazine groups is 1. The van der Waals surface area contributed by atoms with E-state index in [0.29, 0.717) is 17.9 Å². The van der Waals surface area contributed by atoms with Crippen molar-refractivity contribution in [2.45, 2.75) is 11.8 Å². The molecule has 6 heteroatoms. The maximum absolute atomic E-state index is 12.2. The van der Waals surface area contributed by atoms with Crippen molar-refractivity contribution in [1.82, 2.24) is 10.3 Å². The van der Waals surface area contributed by atoms with E-state index < -0.39 is 0 Å². The SMILES string of the molecule is NNC(=O)c1ccc([C@H]2SCC(=O)N2CCc2ccccc2)cc1. The molecule has 0 unspecified atom stereocenters. The second-order valence-corrected chi connectivity index (χ2v) is 6.65. The number of carbonyl (C=O) groups excluding carboxylic acids is 2. The van der Waals surface area contributed by atoms with E-state index >= 15 is 0 Å². The molecular weight excluding hydrogens is 322 g/mol. The molecule has 3 N–H and O–H groups in total. The number of carbonyl (C=O) groups is 2. The molecule has 124 valence electrons. The Kier molecular flexibility index (Phi) is 5.17. The van der Waals surface area contributed by atoms with Crippen LogP contribution in [0.5, 0.6) is 0 Å². The van der Waals surface area contributed by atoms with Crippen molar-refractivity contribution in [2.24, 2.45) is 5.84 Å². The number of nitrogens with two attached hydrogens (primary N) is 1. The Hall–Kier alpha value is -2.31. The highest BCUT2D eigenvalue weighted by molar-refractivity contribution is 8.00. The van der Waals surface area contributed by atoms with Crippen molar-refractivity contribution < 1.29 is 9.59 Å². The van der Waals surface area contributed by atoms with Gasteiger partial charge in [-0.3, -0.25) is 15.0 Å². The van der Waals surface area contributed by atoms with E-state index in [4.69, 9.17) is 5.84 Å². The summed E-state index contributed by atoms with van der Waals surface area (Å²) >= 11 is 1.62. The minimum Gasteiger partial charge on any atom is -0.326 e. The molecule has 1 heterocycles. The summed E-state index contributed by atoms with van der Waals surface area (Å²) in [6.07, 6.45) is 0.831. The highest BCUT2D eigenvalue weighted by atomic mass is 32.2. The number of amides is 2. The lowest BCUT2D eigenvalue weighted by atomic mass is 10.1. The summed E-state index contributed by atoms with van der Waals surface area (Å²) in [6.45, 7) is 0.686. The third-order valence-electron chi connectivity index (χ3n) is 4.04. The Balaban J connectivity index is 1.71. The third kappa shape index (κ3) is 3.60. The lowest BCUT2D eigenvalue weighted by Gasteiger charge is -2.24. The normalized spacial score (nSPS) is 17.1. The van der Waals surface area contributed by atoms with Crippen LogP contribution < -0.4 is 11.3 Å². The molecule has 0 saturated carbocycles. The van der Waals surface area contributed by atoms with Crippen molar-refractivity contribution in [3.8, 4) is 0 Å². The van der Waals surface area contributed by atoms with Gasteiger partial charge in [0.1, 0.15) is 5.37 Å². The topological polar surface area (TPSA) is 75.4 Å². The second kappa shape index (κ2) is 7.51. The third-order valence-corrected chi connectivity index (χ3v) is 5.30. The standard InChI is InChI=1S/C18H19N3O2S/c19-20-17(23)14-6-8-15(9-7-14)18-21(16(22)12-24-18)11-10-13-4-2-1-3-5-13/h1-9,18H,10-12,19H2,(H,20,23)/t18-/m1/s1. The number of nitrogens with one attached hydrogen (secondary N) is 1. The summed E-state index contributed by atoms with van der Waals surface area (Å²) in [6, 6.07) is 17.4. The Labute approximate surface area is 145 Å². The molecule has 0 spiro atoms. The van der Waals surface area contributed by atoms with Crippen LogP contribution in [0, 0.1) is 0 Å². The van der Waals surface area contributed by atoms with Crippen LogP contribution in [0.3, 0.4) is 0 Å².